The number of thiazole rings is 1. The summed E-state index contributed by atoms with van der Waals surface area (Å²) in [5.41, 5.74) is 1.72. The van der Waals surface area contributed by atoms with Crippen molar-refractivity contribution in [3.63, 3.8) is 0 Å². The van der Waals surface area contributed by atoms with Crippen LogP contribution in [0.25, 0.3) is 4.96 Å². The number of hydrogen-bond acceptors (Lipinski definition) is 7. The van der Waals surface area contributed by atoms with Crippen molar-refractivity contribution < 1.29 is 0 Å². The highest BCUT2D eigenvalue weighted by Crippen LogP contribution is 2.20. The zero-order valence-electron chi connectivity index (χ0n) is 12.0. The van der Waals surface area contributed by atoms with E-state index >= 15 is 0 Å². The Morgan fingerprint density at radius 1 is 1.29 bits per heavy atom. The lowest BCUT2D eigenvalue weighted by Gasteiger charge is -1.96. The van der Waals surface area contributed by atoms with E-state index in [1.165, 1.54) is 26.8 Å². The van der Waals surface area contributed by atoms with Crippen molar-refractivity contribution in [3.8, 4) is 0 Å². The highest BCUT2D eigenvalue weighted by molar-refractivity contribution is 7.20. The van der Waals surface area contributed by atoms with Crippen molar-refractivity contribution in [1.29, 1.82) is 0 Å². The van der Waals surface area contributed by atoms with Crippen LogP contribution in [0, 0.1) is 13.8 Å². The Kier molecular flexibility index (Phi) is 3.73. The van der Waals surface area contributed by atoms with Crippen molar-refractivity contribution in [2.45, 2.75) is 33.7 Å². The molecule has 0 spiro atoms. The van der Waals surface area contributed by atoms with Gasteiger partial charge in [0, 0.05) is 16.6 Å². The molecule has 0 radical (unpaired) electrons. The van der Waals surface area contributed by atoms with Gasteiger partial charge in [-0.2, -0.15) is 4.52 Å². The molecule has 3 heterocycles. The maximum absolute atomic E-state index is 11.9. The van der Waals surface area contributed by atoms with E-state index in [4.69, 9.17) is 0 Å². The highest BCUT2D eigenvalue weighted by Gasteiger charge is 2.09. The van der Waals surface area contributed by atoms with Gasteiger partial charge in [0.05, 0.1) is 12.2 Å². The molecule has 0 saturated carbocycles. The summed E-state index contributed by atoms with van der Waals surface area (Å²) < 4.78 is 1.34. The van der Waals surface area contributed by atoms with E-state index < -0.39 is 0 Å². The predicted octanol–water partition coefficient (Wildman–Crippen LogP) is 2.40. The second-order valence-electron chi connectivity index (χ2n) is 4.64. The van der Waals surface area contributed by atoms with Gasteiger partial charge in [-0.3, -0.25) is 4.79 Å². The smallest absolute Gasteiger partial charge is 0.275 e. The van der Waals surface area contributed by atoms with Crippen molar-refractivity contribution in [2.24, 2.45) is 0 Å². The van der Waals surface area contributed by atoms with Crippen LogP contribution >= 0.6 is 22.7 Å². The molecule has 3 aromatic rings. The topological polar surface area (TPSA) is 72.2 Å². The number of rotatable bonds is 4. The Labute approximate surface area is 129 Å². The van der Waals surface area contributed by atoms with Crippen molar-refractivity contribution in [1.82, 2.24) is 19.6 Å². The Bertz CT molecular complexity index is 828. The number of anilines is 1. The number of nitrogens with one attached hydrogen (secondary N) is 1. The van der Waals surface area contributed by atoms with Gasteiger partial charge in [-0.05, 0) is 20.3 Å². The molecule has 3 aromatic heterocycles. The van der Waals surface area contributed by atoms with Crippen LogP contribution in [0.15, 0.2) is 10.9 Å². The molecule has 0 aliphatic rings. The number of fused-ring (bicyclic) bond motifs is 1. The van der Waals surface area contributed by atoms with Crippen LogP contribution in [0.2, 0.25) is 0 Å². The number of aromatic nitrogens is 4. The van der Waals surface area contributed by atoms with Gasteiger partial charge in [0.1, 0.15) is 5.01 Å². The van der Waals surface area contributed by atoms with Crippen molar-refractivity contribution in [2.75, 3.05) is 5.32 Å². The van der Waals surface area contributed by atoms with Crippen LogP contribution in [-0.4, -0.2) is 19.6 Å². The van der Waals surface area contributed by atoms with E-state index in [-0.39, 0.29) is 5.56 Å². The molecule has 110 valence electrons. The van der Waals surface area contributed by atoms with Gasteiger partial charge >= 0.3 is 0 Å². The molecule has 21 heavy (non-hydrogen) atoms. The molecule has 0 aliphatic heterocycles. The Balaban J connectivity index is 1.84. The van der Waals surface area contributed by atoms with Gasteiger partial charge in [0.2, 0.25) is 10.1 Å². The zero-order chi connectivity index (χ0) is 15.0. The fourth-order valence-corrected chi connectivity index (χ4v) is 3.57. The molecular weight excluding hydrogens is 306 g/mol. The van der Waals surface area contributed by atoms with E-state index in [0.717, 1.165) is 22.8 Å². The van der Waals surface area contributed by atoms with Crippen molar-refractivity contribution in [3.05, 3.63) is 37.7 Å². The fraction of sp³-hybridized carbons (Fsp3) is 0.385. The first-order valence-electron chi connectivity index (χ1n) is 6.63. The van der Waals surface area contributed by atoms with Crippen LogP contribution < -0.4 is 10.9 Å². The summed E-state index contributed by atoms with van der Waals surface area (Å²) in [6.45, 7) is 6.65. The summed E-state index contributed by atoms with van der Waals surface area (Å²) >= 11 is 3.05. The first kappa shape index (κ1) is 14.2. The average Bonchev–Trinajstić information content (AvgIpc) is 3.00. The van der Waals surface area contributed by atoms with E-state index in [1.807, 2.05) is 13.8 Å². The predicted molar refractivity (Wildman–Crippen MR) is 85.4 cm³/mol. The van der Waals surface area contributed by atoms with Crippen molar-refractivity contribution >= 4 is 32.8 Å². The lowest BCUT2D eigenvalue weighted by molar-refractivity contribution is 0.873. The minimum Gasteiger partial charge on any atom is -0.354 e. The molecular formula is C13H15N5OS2. The monoisotopic (exact) mass is 321 g/mol. The molecule has 0 atom stereocenters. The van der Waals surface area contributed by atoms with Crippen LogP contribution in [0.1, 0.15) is 28.2 Å². The zero-order valence-corrected chi connectivity index (χ0v) is 13.6. The van der Waals surface area contributed by atoms with Crippen LogP contribution in [-0.2, 0) is 13.0 Å². The molecule has 6 nitrogen and oxygen atoms in total. The van der Waals surface area contributed by atoms with Gasteiger partial charge in [-0.1, -0.05) is 18.3 Å². The minimum atomic E-state index is -0.137. The second-order valence-corrected chi connectivity index (χ2v) is 6.89. The molecule has 0 aromatic carbocycles. The summed E-state index contributed by atoms with van der Waals surface area (Å²) in [6.07, 6.45) is 0.740. The van der Waals surface area contributed by atoms with Gasteiger partial charge in [-0.15, -0.1) is 16.4 Å². The molecule has 0 fully saturated rings. The molecule has 8 heteroatoms. The first-order chi connectivity index (χ1) is 10.1. The Morgan fingerprint density at radius 2 is 2.10 bits per heavy atom. The minimum absolute atomic E-state index is 0.137. The van der Waals surface area contributed by atoms with Gasteiger partial charge in [0.25, 0.3) is 5.56 Å². The Morgan fingerprint density at radius 3 is 2.76 bits per heavy atom. The van der Waals surface area contributed by atoms with Crippen LogP contribution in [0.4, 0.5) is 5.13 Å². The lowest BCUT2D eigenvalue weighted by Crippen LogP contribution is -2.15. The first-order valence-corrected chi connectivity index (χ1v) is 8.26. The fourth-order valence-electron chi connectivity index (χ4n) is 1.87. The molecule has 0 unspecified atom stereocenters. The third-order valence-electron chi connectivity index (χ3n) is 3.12. The third kappa shape index (κ3) is 2.81. The summed E-state index contributed by atoms with van der Waals surface area (Å²) in [6, 6.07) is 1.53. The molecule has 0 bridgehead atoms. The van der Waals surface area contributed by atoms with E-state index in [9.17, 15) is 4.79 Å². The largest absolute Gasteiger partial charge is 0.354 e. The third-order valence-corrected chi connectivity index (χ3v) is 5.06. The van der Waals surface area contributed by atoms with E-state index in [2.05, 4.69) is 27.3 Å². The maximum Gasteiger partial charge on any atom is 0.275 e. The molecule has 0 amide bonds. The number of hydrogen-bond donors (Lipinski definition) is 1. The summed E-state index contributed by atoms with van der Waals surface area (Å²) in [5.74, 6) is 0. The van der Waals surface area contributed by atoms with Gasteiger partial charge in [-0.25, -0.2) is 9.97 Å². The van der Waals surface area contributed by atoms with E-state index in [1.54, 1.807) is 11.3 Å². The van der Waals surface area contributed by atoms with Crippen LogP contribution in [0.5, 0.6) is 0 Å². The molecule has 0 saturated heterocycles. The maximum atomic E-state index is 11.9. The molecule has 0 aliphatic carbocycles. The second kappa shape index (κ2) is 5.53. The summed E-state index contributed by atoms with van der Waals surface area (Å²) in [7, 11) is 0. The van der Waals surface area contributed by atoms with E-state index in [0.29, 0.717) is 16.6 Å². The summed E-state index contributed by atoms with van der Waals surface area (Å²) in [5, 5.41) is 9.16. The number of nitrogens with zero attached hydrogens (tertiary/aromatic N) is 4. The van der Waals surface area contributed by atoms with Crippen LogP contribution in [0.3, 0.4) is 0 Å². The van der Waals surface area contributed by atoms with Gasteiger partial charge in [0.15, 0.2) is 0 Å². The summed E-state index contributed by atoms with van der Waals surface area (Å²) in [4.78, 5) is 22.7. The molecule has 3 rings (SSSR count). The van der Waals surface area contributed by atoms with Gasteiger partial charge < -0.3 is 5.32 Å². The highest BCUT2D eigenvalue weighted by atomic mass is 32.1. The normalized spacial score (nSPS) is 11.2. The standard InChI is InChI=1S/C13H15N5OS2/c1-4-9-5-11(19)18-13(16-9)21-12(17-18)14-6-10-15-7(2)8(3)20-10/h5H,4,6H2,1-3H3,(H,14,17). The Hall–Kier alpha value is -1.80. The quantitative estimate of drug-likeness (QED) is 0.799. The molecule has 1 N–H and O–H groups in total. The SMILES string of the molecule is CCc1cc(=O)n2nc(NCc3nc(C)c(C)s3)sc2n1. The average molecular weight is 321 g/mol. The lowest BCUT2D eigenvalue weighted by atomic mass is 10.3. The number of aryl methyl sites for hydroxylation is 3.